The van der Waals surface area contributed by atoms with Crippen LogP contribution in [0, 0.1) is 0 Å². The third kappa shape index (κ3) is 2.40. The summed E-state index contributed by atoms with van der Waals surface area (Å²) in [5.74, 6) is 0. The molecule has 12 heavy (non-hydrogen) atoms. The largest absolute Gasteiger partial charge is 0.399 e. The third-order valence-electron chi connectivity index (χ3n) is 1.56. The molecule has 2 N–H and O–H groups in total. The van der Waals surface area contributed by atoms with Crippen LogP contribution in [0.3, 0.4) is 0 Å². The van der Waals surface area contributed by atoms with Crippen molar-refractivity contribution >= 4 is 17.3 Å². The molecule has 0 aliphatic heterocycles. The molecule has 0 bridgehead atoms. The fourth-order valence-electron chi connectivity index (χ4n) is 1.03. The van der Waals surface area contributed by atoms with Crippen LogP contribution in [0.2, 0.25) is 5.02 Å². The predicted octanol–water partition coefficient (Wildman–Crippen LogP) is 1.98. The second-order valence-corrected chi connectivity index (χ2v) is 3.50. The van der Waals surface area contributed by atoms with Gasteiger partial charge in [-0.25, -0.2) is 0 Å². The van der Waals surface area contributed by atoms with Crippen molar-refractivity contribution in [1.29, 1.82) is 0 Å². The highest BCUT2D eigenvalue weighted by molar-refractivity contribution is 6.31. The van der Waals surface area contributed by atoms with Crippen molar-refractivity contribution in [2.75, 3.05) is 19.8 Å². The molecular weight excluding hydrogens is 172 g/mol. The number of nitrogens with zero attached hydrogens (tertiary/aromatic N) is 1. The van der Waals surface area contributed by atoms with Gasteiger partial charge in [-0.05, 0) is 31.8 Å². The first-order valence-corrected chi connectivity index (χ1v) is 4.16. The second kappa shape index (κ2) is 3.78. The summed E-state index contributed by atoms with van der Waals surface area (Å²) in [4.78, 5) is 2.07. The summed E-state index contributed by atoms with van der Waals surface area (Å²) in [6.07, 6.45) is 0. The van der Waals surface area contributed by atoms with Gasteiger partial charge in [-0.2, -0.15) is 0 Å². The SMILES string of the molecule is CN(C)Cc1ccc(N)cc1Cl. The molecule has 3 heteroatoms. The van der Waals surface area contributed by atoms with Crippen molar-refractivity contribution in [2.45, 2.75) is 6.54 Å². The van der Waals surface area contributed by atoms with Crippen LogP contribution < -0.4 is 5.73 Å². The third-order valence-corrected chi connectivity index (χ3v) is 1.92. The molecule has 0 amide bonds. The van der Waals surface area contributed by atoms with E-state index in [1.807, 2.05) is 26.2 Å². The molecule has 0 atom stereocenters. The number of benzene rings is 1. The minimum absolute atomic E-state index is 0.711. The number of halogens is 1. The van der Waals surface area contributed by atoms with Crippen LogP contribution in [0.4, 0.5) is 5.69 Å². The molecule has 0 saturated heterocycles. The molecule has 0 aliphatic rings. The first-order chi connectivity index (χ1) is 5.59. The Morgan fingerprint density at radius 3 is 2.58 bits per heavy atom. The maximum absolute atomic E-state index is 5.97. The van der Waals surface area contributed by atoms with Crippen LogP contribution in [0.25, 0.3) is 0 Å². The van der Waals surface area contributed by atoms with Gasteiger partial charge in [0.1, 0.15) is 0 Å². The monoisotopic (exact) mass is 184 g/mol. The van der Waals surface area contributed by atoms with Crippen molar-refractivity contribution in [2.24, 2.45) is 0 Å². The van der Waals surface area contributed by atoms with E-state index >= 15 is 0 Å². The fraction of sp³-hybridized carbons (Fsp3) is 0.333. The van der Waals surface area contributed by atoms with E-state index in [9.17, 15) is 0 Å². The molecular formula is C9H13ClN2. The van der Waals surface area contributed by atoms with Crippen LogP contribution >= 0.6 is 11.6 Å². The van der Waals surface area contributed by atoms with Crippen LogP contribution in [-0.4, -0.2) is 19.0 Å². The Balaban J connectivity index is 2.86. The molecule has 0 radical (unpaired) electrons. The molecule has 2 nitrogen and oxygen atoms in total. The highest BCUT2D eigenvalue weighted by Crippen LogP contribution is 2.19. The van der Waals surface area contributed by atoms with Crippen molar-refractivity contribution in [3.8, 4) is 0 Å². The molecule has 1 aromatic rings. The summed E-state index contributed by atoms with van der Waals surface area (Å²) in [5, 5.41) is 0.740. The maximum Gasteiger partial charge on any atom is 0.0471 e. The molecule has 0 aliphatic carbocycles. The normalized spacial score (nSPS) is 10.7. The molecule has 0 saturated carbocycles. The minimum atomic E-state index is 0.711. The van der Waals surface area contributed by atoms with Gasteiger partial charge in [-0.1, -0.05) is 17.7 Å². The summed E-state index contributed by atoms with van der Waals surface area (Å²) in [5.41, 5.74) is 7.38. The molecule has 0 aromatic heterocycles. The first-order valence-electron chi connectivity index (χ1n) is 3.78. The molecule has 0 unspecified atom stereocenters. The summed E-state index contributed by atoms with van der Waals surface area (Å²) in [6.45, 7) is 0.846. The number of anilines is 1. The van der Waals surface area contributed by atoms with Crippen molar-refractivity contribution < 1.29 is 0 Å². The standard InChI is InChI=1S/C9H13ClN2/c1-12(2)6-7-3-4-8(11)5-9(7)10/h3-5H,6,11H2,1-2H3. The zero-order valence-corrected chi connectivity index (χ0v) is 8.10. The van der Waals surface area contributed by atoms with Gasteiger partial charge in [0.15, 0.2) is 0 Å². The topological polar surface area (TPSA) is 29.3 Å². The lowest BCUT2D eigenvalue weighted by molar-refractivity contribution is 0.402. The molecule has 0 fully saturated rings. The van der Waals surface area contributed by atoms with E-state index in [1.165, 1.54) is 0 Å². The van der Waals surface area contributed by atoms with E-state index in [2.05, 4.69) is 4.90 Å². The van der Waals surface area contributed by atoms with E-state index in [4.69, 9.17) is 17.3 Å². The Morgan fingerprint density at radius 1 is 1.42 bits per heavy atom. The first kappa shape index (κ1) is 9.36. The van der Waals surface area contributed by atoms with E-state index in [1.54, 1.807) is 6.07 Å². The fourth-order valence-corrected chi connectivity index (χ4v) is 1.28. The van der Waals surface area contributed by atoms with Gasteiger partial charge in [0, 0.05) is 17.3 Å². The van der Waals surface area contributed by atoms with Gasteiger partial charge in [-0.3, -0.25) is 0 Å². The van der Waals surface area contributed by atoms with Crippen LogP contribution in [-0.2, 0) is 6.54 Å². The smallest absolute Gasteiger partial charge is 0.0471 e. The average Bonchev–Trinajstić information content (AvgIpc) is 1.94. The molecule has 66 valence electrons. The predicted molar refractivity (Wildman–Crippen MR) is 53.3 cm³/mol. The lowest BCUT2D eigenvalue weighted by Crippen LogP contribution is -2.10. The minimum Gasteiger partial charge on any atom is -0.399 e. The van der Waals surface area contributed by atoms with Gasteiger partial charge in [0.05, 0.1) is 0 Å². The molecule has 1 rings (SSSR count). The highest BCUT2D eigenvalue weighted by atomic mass is 35.5. The molecule has 1 aromatic carbocycles. The van der Waals surface area contributed by atoms with Gasteiger partial charge >= 0.3 is 0 Å². The molecule has 0 heterocycles. The number of nitrogen functional groups attached to an aromatic ring is 1. The Morgan fingerprint density at radius 2 is 2.08 bits per heavy atom. The summed E-state index contributed by atoms with van der Waals surface area (Å²) in [7, 11) is 4.01. The Labute approximate surface area is 77.9 Å². The number of hydrogen-bond acceptors (Lipinski definition) is 2. The van der Waals surface area contributed by atoms with E-state index in [0.717, 1.165) is 17.1 Å². The number of nitrogens with two attached hydrogens (primary N) is 1. The quantitative estimate of drug-likeness (QED) is 0.713. The average molecular weight is 185 g/mol. The second-order valence-electron chi connectivity index (χ2n) is 3.09. The van der Waals surface area contributed by atoms with Crippen molar-refractivity contribution in [3.63, 3.8) is 0 Å². The maximum atomic E-state index is 5.97. The lowest BCUT2D eigenvalue weighted by atomic mass is 10.2. The Hall–Kier alpha value is -0.730. The van der Waals surface area contributed by atoms with Gasteiger partial charge in [0.2, 0.25) is 0 Å². The zero-order chi connectivity index (χ0) is 9.14. The Bertz CT molecular complexity index is 271. The summed E-state index contributed by atoms with van der Waals surface area (Å²) < 4.78 is 0. The van der Waals surface area contributed by atoms with Crippen LogP contribution in [0.15, 0.2) is 18.2 Å². The summed E-state index contributed by atoms with van der Waals surface area (Å²) >= 11 is 5.97. The van der Waals surface area contributed by atoms with Crippen molar-refractivity contribution in [3.05, 3.63) is 28.8 Å². The van der Waals surface area contributed by atoms with Gasteiger partial charge < -0.3 is 10.6 Å². The highest BCUT2D eigenvalue weighted by Gasteiger charge is 2.00. The number of hydrogen-bond donors (Lipinski definition) is 1. The molecule has 0 spiro atoms. The van der Waals surface area contributed by atoms with E-state index < -0.39 is 0 Å². The van der Waals surface area contributed by atoms with Crippen molar-refractivity contribution in [1.82, 2.24) is 4.90 Å². The number of rotatable bonds is 2. The van der Waals surface area contributed by atoms with Gasteiger partial charge in [0.25, 0.3) is 0 Å². The van der Waals surface area contributed by atoms with Crippen LogP contribution in [0.1, 0.15) is 5.56 Å². The lowest BCUT2D eigenvalue weighted by Gasteiger charge is -2.11. The van der Waals surface area contributed by atoms with E-state index in [-0.39, 0.29) is 0 Å². The van der Waals surface area contributed by atoms with E-state index in [0.29, 0.717) is 5.69 Å². The van der Waals surface area contributed by atoms with Crippen LogP contribution in [0.5, 0.6) is 0 Å². The summed E-state index contributed by atoms with van der Waals surface area (Å²) in [6, 6.07) is 5.60. The zero-order valence-electron chi connectivity index (χ0n) is 7.34. The van der Waals surface area contributed by atoms with Gasteiger partial charge in [-0.15, -0.1) is 0 Å². The Kier molecular flexibility index (Phi) is 2.95.